The number of aromatic nitrogens is 2. The second-order valence-corrected chi connectivity index (χ2v) is 10.1. The summed E-state index contributed by atoms with van der Waals surface area (Å²) in [4.78, 5) is 21.1. The Balaban J connectivity index is 1.81. The van der Waals surface area contributed by atoms with Crippen LogP contribution in [0.2, 0.25) is 0 Å². The van der Waals surface area contributed by atoms with E-state index >= 15 is 0 Å². The number of carbonyl (C=O) groups excluding carboxylic acids is 1. The smallest absolute Gasteiger partial charge is 0.387 e. The number of rotatable bonds is 8. The molecule has 3 atom stereocenters. The fourth-order valence-corrected chi connectivity index (χ4v) is 5.05. The molecule has 1 aliphatic heterocycles. The van der Waals surface area contributed by atoms with Gasteiger partial charge in [0.1, 0.15) is 18.0 Å². The third-order valence-corrected chi connectivity index (χ3v) is 7.03. The Morgan fingerprint density at radius 2 is 1.91 bits per heavy atom. The number of alkyl halides is 3. The molecule has 1 aromatic heterocycles. The summed E-state index contributed by atoms with van der Waals surface area (Å²) < 4.78 is 67.3. The van der Waals surface area contributed by atoms with Crippen molar-refractivity contribution in [3.8, 4) is 0 Å². The number of hydrogen-bond acceptors (Lipinski definition) is 8. The summed E-state index contributed by atoms with van der Waals surface area (Å²) in [6, 6.07) is -1.53. The van der Waals surface area contributed by atoms with Crippen LogP contribution in [0.25, 0.3) is 0 Å². The molecule has 1 aromatic rings. The molecule has 0 aromatic carbocycles. The van der Waals surface area contributed by atoms with Gasteiger partial charge in [-0.2, -0.15) is 18.2 Å². The molecule has 4 N–H and O–H groups in total. The number of halogens is 3. The van der Waals surface area contributed by atoms with Gasteiger partial charge in [0.05, 0.1) is 0 Å². The molecule has 1 saturated heterocycles. The molecule has 2 heterocycles. The first kappa shape index (κ1) is 26.2. The lowest BCUT2D eigenvalue weighted by Crippen LogP contribution is -2.48. The normalized spacial score (nSPS) is 23.9. The topological polar surface area (TPSA) is 137 Å². The molecule has 1 unspecified atom stereocenters. The fraction of sp³-hybridized carbons (Fsp3) is 0.650. The maximum absolute atomic E-state index is 13.7. The second-order valence-electron chi connectivity index (χ2n) is 8.41. The molecule has 0 bridgehead atoms. The maximum Gasteiger partial charge on any atom is 0.421 e. The van der Waals surface area contributed by atoms with Crippen molar-refractivity contribution < 1.29 is 31.5 Å². The number of aliphatic hydroxyl groups excluding tert-OH is 1. The van der Waals surface area contributed by atoms with E-state index in [9.17, 15) is 26.4 Å². The van der Waals surface area contributed by atoms with E-state index in [-0.39, 0.29) is 18.5 Å². The Bertz CT molecular complexity index is 991. The van der Waals surface area contributed by atoms with Gasteiger partial charge >= 0.3 is 6.18 Å². The number of sulfonamides is 1. The molecule has 1 saturated carbocycles. The number of piperidine rings is 1. The minimum absolute atomic E-state index is 0.0437. The van der Waals surface area contributed by atoms with Crippen LogP contribution in [0.5, 0.6) is 0 Å². The molecule has 1 amide bonds. The number of anilines is 2. The number of amides is 1. The Hall–Kier alpha value is -2.45. The summed E-state index contributed by atoms with van der Waals surface area (Å²) in [6.07, 6.45) is -0.370. The van der Waals surface area contributed by atoms with Crippen LogP contribution in [0.3, 0.4) is 0 Å². The lowest BCUT2D eigenvalue weighted by atomic mass is 9.91. The van der Waals surface area contributed by atoms with Gasteiger partial charge in [0.2, 0.25) is 21.9 Å². The van der Waals surface area contributed by atoms with Gasteiger partial charge in [-0.15, -0.1) is 0 Å². The molecule has 3 rings (SSSR count). The lowest BCUT2D eigenvalue weighted by Gasteiger charge is -2.34. The summed E-state index contributed by atoms with van der Waals surface area (Å²) in [5.74, 6) is -0.913. The Morgan fingerprint density at radius 1 is 1.21 bits per heavy atom. The van der Waals surface area contributed by atoms with Crippen LogP contribution in [-0.4, -0.2) is 72.1 Å². The zero-order valence-corrected chi connectivity index (χ0v) is 19.3. The number of hydrogen-bond donors (Lipinski definition) is 4. The van der Waals surface area contributed by atoms with Crippen molar-refractivity contribution in [2.24, 2.45) is 0 Å². The highest BCUT2D eigenvalue weighted by molar-refractivity contribution is 7.92. The van der Waals surface area contributed by atoms with Crippen molar-refractivity contribution >= 4 is 27.7 Å². The van der Waals surface area contributed by atoms with E-state index in [1.807, 2.05) is 0 Å². The van der Waals surface area contributed by atoms with E-state index in [0.717, 1.165) is 18.2 Å². The number of carbonyl (C=O) groups is 1. The van der Waals surface area contributed by atoms with Gasteiger partial charge < -0.3 is 20.6 Å². The number of likely N-dealkylation sites (tertiary alicyclic amines) is 1. The van der Waals surface area contributed by atoms with E-state index in [1.54, 1.807) is 0 Å². The van der Waals surface area contributed by atoms with Crippen LogP contribution < -0.4 is 15.4 Å². The van der Waals surface area contributed by atoms with Crippen LogP contribution in [0.4, 0.5) is 24.9 Å². The molecule has 190 valence electrons. The molecule has 1 aliphatic carbocycles. The van der Waals surface area contributed by atoms with E-state index in [4.69, 9.17) is 5.11 Å². The van der Waals surface area contributed by atoms with E-state index in [2.05, 4.69) is 31.9 Å². The average molecular weight is 507 g/mol. The van der Waals surface area contributed by atoms with Gasteiger partial charge in [-0.3, -0.25) is 4.79 Å². The highest BCUT2D eigenvalue weighted by Crippen LogP contribution is 2.35. The molecule has 34 heavy (non-hydrogen) atoms. The standard InChI is InChI=1S/C20H29F3N6O4S/c1-2-34(32,33)28-16-8-4-3-7-15(16)26-18-14(20(21,22)23)10-24-19(27-18)25-13-6-5-9-29(11-13)17(31)12-30/h2,10,13,15-16,28,30H,1,3-9,11-12H2,(H2,24,25,26,27)/t13?,15-,16-/m1/s1. The van der Waals surface area contributed by atoms with E-state index in [1.165, 1.54) is 4.90 Å². The van der Waals surface area contributed by atoms with E-state index < -0.39 is 52.2 Å². The minimum Gasteiger partial charge on any atom is -0.387 e. The summed E-state index contributed by atoms with van der Waals surface area (Å²) >= 11 is 0. The predicted molar refractivity (Wildman–Crippen MR) is 119 cm³/mol. The molecule has 2 fully saturated rings. The van der Waals surface area contributed by atoms with Gasteiger partial charge in [0.15, 0.2) is 0 Å². The summed E-state index contributed by atoms with van der Waals surface area (Å²) in [5.41, 5.74) is -1.06. The molecule has 14 heteroatoms. The molecular weight excluding hydrogens is 477 g/mol. The van der Waals surface area contributed by atoms with Crippen LogP contribution in [0.15, 0.2) is 18.2 Å². The number of aliphatic hydroxyl groups is 1. The first-order valence-corrected chi connectivity index (χ1v) is 12.6. The molecule has 0 spiro atoms. The average Bonchev–Trinajstić information content (AvgIpc) is 2.79. The monoisotopic (exact) mass is 506 g/mol. The van der Waals surface area contributed by atoms with Crippen molar-refractivity contribution in [3.63, 3.8) is 0 Å². The minimum atomic E-state index is -4.72. The lowest BCUT2D eigenvalue weighted by molar-refractivity contribution is -0.137. The second kappa shape index (κ2) is 10.9. The fourth-order valence-electron chi connectivity index (χ4n) is 4.25. The molecular formula is C20H29F3N6O4S. The third-order valence-electron chi connectivity index (χ3n) is 5.96. The summed E-state index contributed by atoms with van der Waals surface area (Å²) in [7, 11) is -3.77. The van der Waals surface area contributed by atoms with E-state index in [0.29, 0.717) is 38.4 Å². The molecule has 0 radical (unpaired) electrons. The Kier molecular flexibility index (Phi) is 8.36. The van der Waals surface area contributed by atoms with Gasteiger partial charge in [0.25, 0.3) is 0 Å². The number of nitrogens with one attached hydrogen (secondary N) is 3. The van der Waals surface area contributed by atoms with Gasteiger partial charge in [-0.1, -0.05) is 19.4 Å². The van der Waals surface area contributed by atoms with Gasteiger partial charge in [-0.05, 0) is 25.7 Å². The summed E-state index contributed by atoms with van der Waals surface area (Å²) in [5, 5.41) is 15.6. The first-order valence-electron chi connectivity index (χ1n) is 11.0. The highest BCUT2D eigenvalue weighted by atomic mass is 32.2. The first-order chi connectivity index (χ1) is 16.0. The van der Waals surface area contributed by atoms with Crippen LogP contribution in [-0.2, 0) is 21.0 Å². The van der Waals surface area contributed by atoms with Crippen molar-refractivity contribution in [1.29, 1.82) is 0 Å². The highest BCUT2D eigenvalue weighted by Gasteiger charge is 2.37. The zero-order valence-electron chi connectivity index (χ0n) is 18.5. The predicted octanol–water partition coefficient (Wildman–Crippen LogP) is 1.68. The van der Waals surface area contributed by atoms with Gasteiger partial charge in [-0.25, -0.2) is 18.1 Å². The number of nitrogens with zero attached hydrogens (tertiary/aromatic N) is 3. The maximum atomic E-state index is 13.7. The van der Waals surface area contributed by atoms with Crippen molar-refractivity contribution in [3.05, 3.63) is 23.7 Å². The van der Waals surface area contributed by atoms with Crippen LogP contribution in [0.1, 0.15) is 44.1 Å². The van der Waals surface area contributed by atoms with Crippen molar-refractivity contribution in [2.45, 2.75) is 62.8 Å². The SMILES string of the molecule is C=CS(=O)(=O)N[C@@H]1CCCC[C@H]1Nc1nc(NC2CCCN(C(=O)CO)C2)ncc1C(F)(F)F. The van der Waals surface area contributed by atoms with Crippen molar-refractivity contribution in [2.75, 3.05) is 30.3 Å². The quantitative estimate of drug-likeness (QED) is 0.418. The molecule has 10 nitrogen and oxygen atoms in total. The largest absolute Gasteiger partial charge is 0.421 e. The van der Waals surface area contributed by atoms with Crippen LogP contribution in [0, 0.1) is 0 Å². The molecule has 2 aliphatic rings. The Morgan fingerprint density at radius 3 is 2.56 bits per heavy atom. The van der Waals surface area contributed by atoms with Gasteiger partial charge in [0, 0.05) is 42.8 Å². The third kappa shape index (κ3) is 6.79. The van der Waals surface area contributed by atoms with Crippen molar-refractivity contribution in [1.82, 2.24) is 19.6 Å². The van der Waals surface area contributed by atoms with Crippen LogP contribution >= 0.6 is 0 Å². The summed E-state index contributed by atoms with van der Waals surface area (Å²) in [6.45, 7) is 3.39. The Labute approximate surface area is 196 Å². The zero-order chi connectivity index (χ0) is 24.9.